The molecular formula is C12H16N6O7. The molecule has 1 fully saturated rings. The maximum atomic E-state index is 11.4. The summed E-state index contributed by atoms with van der Waals surface area (Å²) < 4.78 is 15.0. The maximum absolute atomic E-state index is 11.4. The highest BCUT2D eigenvalue weighted by Crippen LogP contribution is 2.32. The highest BCUT2D eigenvalue weighted by atomic mass is 16.6. The van der Waals surface area contributed by atoms with E-state index in [4.69, 9.17) is 25.3 Å². The van der Waals surface area contributed by atoms with E-state index < -0.39 is 54.4 Å². The first kappa shape index (κ1) is 20.0. The monoisotopic (exact) mass is 356 g/mol. The van der Waals surface area contributed by atoms with E-state index in [9.17, 15) is 19.5 Å². The van der Waals surface area contributed by atoms with Gasteiger partial charge < -0.3 is 19.3 Å². The summed E-state index contributed by atoms with van der Waals surface area (Å²) in [4.78, 5) is 39.2. The van der Waals surface area contributed by atoms with Gasteiger partial charge in [0.2, 0.25) is 0 Å². The molecule has 1 aliphatic rings. The Morgan fingerprint density at radius 1 is 0.800 bits per heavy atom. The number of azide groups is 2. The first-order chi connectivity index (χ1) is 11.7. The van der Waals surface area contributed by atoms with Gasteiger partial charge in [0, 0.05) is 30.6 Å². The molecule has 0 heterocycles. The zero-order valence-corrected chi connectivity index (χ0v) is 13.5. The second-order valence-corrected chi connectivity index (χ2v) is 5.10. The van der Waals surface area contributed by atoms with E-state index in [2.05, 4.69) is 20.1 Å². The molecule has 0 spiro atoms. The van der Waals surface area contributed by atoms with Crippen LogP contribution in [0.1, 0.15) is 20.8 Å². The van der Waals surface area contributed by atoms with Crippen molar-refractivity contribution in [1.82, 2.24) is 0 Å². The van der Waals surface area contributed by atoms with Gasteiger partial charge in [0.25, 0.3) is 0 Å². The van der Waals surface area contributed by atoms with Crippen LogP contribution in [-0.2, 0) is 28.6 Å². The fourth-order valence-electron chi connectivity index (χ4n) is 2.54. The molecule has 13 heteroatoms. The lowest BCUT2D eigenvalue weighted by Crippen LogP contribution is -2.65. The van der Waals surface area contributed by atoms with E-state index in [1.54, 1.807) is 0 Å². The Balaban J connectivity index is 3.46. The standard InChI is InChI=1S/C12H16N6O7/c1-4(19)23-10-7(15-17-13)9(22)12(25-6(3)21)11(24-5(2)20)8(10)16-18-14/h7-12,22H,1-3H3/t7?,8?,9-,10+,11+,12+/m1/s1. The molecule has 136 valence electrons. The summed E-state index contributed by atoms with van der Waals surface area (Å²) in [5, 5.41) is 17.2. The van der Waals surface area contributed by atoms with Crippen molar-refractivity contribution in [3.8, 4) is 0 Å². The number of aliphatic hydroxyl groups is 1. The van der Waals surface area contributed by atoms with E-state index in [1.807, 2.05) is 0 Å². The average molecular weight is 356 g/mol. The molecule has 0 aromatic heterocycles. The molecule has 13 nitrogen and oxygen atoms in total. The second kappa shape index (κ2) is 8.73. The predicted molar refractivity (Wildman–Crippen MR) is 78.5 cm³/mol. The summed E-state index contributed by atoms with van der Waals surface area (Å²) in [6.07, 6.45) is -6.07. The van der Waals surface area contributed by atoms with Gasteiger partial charge in [-0.1, -0.05) is 10.2 Å². The van der Waals surface area contributed by atoms with Crippen LogP contribution in [0.3, 0.4) is 0 Å². The van der Waals surface area contributed by atoms with E-state index in [0.717, 1.165) is 20.8 Å². The van der Waals surface area contributed by atoms with Crippen LogP contribution in [0.5, 0.6) is 0 Å². The Labute approximate surface area is 141 Å². The van der Waals surface area contributed by atoms with Gasteiger partial charge >= 0.3 is 17.9 Å². The van der Waals surface area contributed by atoms with Crippen LogP contribution < -0.4 is 0 Å². The van der Waals surface area contributed by atoms with E-state index >= 15 is 0 Å². The molecule has 1 N–H and O–H groups in total. The Morgan fingerprint density at radius 2 is 1.20 bits per heavy atom. The molecule has 0 aliphatic heterocycles. The SMILES string of the molecule is CC(=O)O[C@H]1C(N=[N+]=[N-])[C@@H](O)[C@H](OC(C)=O)[C@@H](OC(C)=O)C1N=[N+]=[N-]. The summed E-state index contributed by atoms with van der Waals surface area (Å²) in [6, 6.07) is -2.85. The molecular weight excluding hydrogens is 340 g/mol. The zero-order valence-electron chi connectivity index (χ0n) is 13.5. The van der Waals surface area contributed by atoms with Gasteiger partial charge in [-0.15, -0.1) is 0 Å². The fraction of sp³-hybridized carbons (Fsp3) is 0.750. The number of hydrogen-bond acceptors (Lipinski definition) is 9. The fourth-order valence-corrected chi connectivity index (χ4v) is 2.54. The van der Waals surface area contributed by atoms with Crippen molar-refractivity contribution in [2.75, 3.05) is 0 Å². The lowest BCUT2D eigenvalue weighted by Gasteiger charge is -2.44. The smallest absolute Gasteiger partial charge is 0.303 e. The van der Waals surface area contributed by atoms with Gasteiger partial charge in [-0.05, 0) is 11.1 Å². The molecule has 0 radical (unpaired) electrons. The minimum absolute atomic E-state index is 0.819. The molecule has 2 unspecified atom stereocenters. The normalized spacial score (nSPS) is 30.9. The summed E-state index contributed by atoms with van der Waals surface area (Å²) in [5.41, 5.74) is 17.5. The molecule has 1 aliphatic carbocycles. The van der Waals surface area contributed by atoms with Crippen LogP contribution in [0, 0.1) is 0 Å². The quantitative estimate of drug-likeness (QED) is 0.243. The van der Waals surface area contributed by atoms with Gasteiger partial charge in [0.05, 0.1) is 0 Å². The molecule has 1 saturated carbocycles. The topological polar surface area (TPSA) is 197 Å². The lowest BCUT2D eigenvalue weighted by molar-refractivity contribution is -0.199. The number of carbonyl (C=O) groups is 3. The lowest BCUT2D eigenvalue weighted by atomic mass is 9.81. The number of aliphatic hydroxyl groups excluding tert-OH is 1. The van der Waals surface area contributed by atoms with E-state index in [1.165, 1.54) is 0 Å². The van der Waals surface area contributed by atoms with Crippen molar-refractivity contribution in [2.45, 2.75) is 57.3 Å². The average Bonchev–Trinajstić information content (AvgIpc) is 2.49. The Morgan fingerprint density at radius 3 is 1.64 bits per heavy atom. The predicted octanol–water partition coefficient (Wildman–Crippen LogP) is 0.514. The minimum atomic E-state index is -1.68. The number of carbonyl (C=O) groups excluding carboxylic acids is 3. The maximum Gasteiger partial charge on any atom is 0.303 e. The Kier molecular flexibility index (Phi) is 7.00. The third-order valence-electron chi connectivity index (χ3n) is 3.30. The van der Waals surface area contributed by atoms with E-state index in [-0.39, 0.29) is 0 Å². The third kappa shape index (κ3) is 4.98. The summed E-state index contributed by atoms with van der Waals surface area (Å²) in [7, 11) is 0. The van der Waals surface area contributed by atoms with Gasteiger partial charge in [-0.2, -0.15) is 0 Å². The van der Waals surface area contributed by atoms with Crippen LogP contribution in [0.2, 0.25) is 0 Å². The summed E-state index contributed by atoms with van der Waals surface area (Å²) in [5.74, 6) is -2.47. The van der Waals surface area contributed by atoms with Crippen LogP contribution in [-0.4, -0.2) is 59.5 Å². The van der Waals surface area contributed by atoms with Crippen LogP contribution >= 0.6 is 0 Å². The van der Waals surface area contributed by atoms with Crippen LogP contribution in [0.25, 0.3) is 20.9 Å². The van der Waals surface area contributed by atoms with Crippen molar-refractivity contribution in [3.63, 3.8) is 0 Å². The molecule has 0 saturated heterocycles. The van der Waals surface area contributed by atoms with Crippen LogP contribution in [0.4, 0.5) is 0 Å². The minimum Gasteiger partial charge on any atom is -0.461 e. The van der Waals surface area contributed by atoms with Gasteiger partial charge in [0.15, 0.2) is 12.2 Å². The molecule has 6 atom stereocenters. The molecule has 0 aromatic rings. The molecule has 0 aromatic carbocycles. The van der Waals surface area contributed by atoms with Crippen molar-refractivity contribution in [3.05, 3.63) is 20.9 Å². The second-order valence-electron chi connectivity index (χ2n) is 5.10. The van der Waals surface area contributed by atoms with Gasteiger partial charge in [0.1, 0.15) is 24.3 Å². The van der Waals surface area contributed by atoms with Crippen LogP contribution in [0.15, 0.2) is 10.2 Å². The third-order valence-corrected chi connectivity index (χ3v) is 3.30. The number of esters is 3. The largest absolute Gasteiger partial charge is 0.461 e. The molecule has 25 heavy (non-hydrogen) atoms. The van der Waals surface area contributed by atoms with Crippen molar-refractivity contribution >= 4 is 17.9 Å². The summed E-state index contributed by atoms with van der Waals surface area (Å²) in [6.45, 7) is 3.14. The first-order valence-electron chi connectivity index (χ1n) is 7.01. The molecule has 1 rings (SSSR count). The summed E-state index contributed by atoms with van der Waals surface area (Å²) >= 11 is 0. The zero-order chi connectivity index (χ0) is 19.1. The number of ether oxygens (including phenoxy) is 3. The Hall–Kier alpha value is -3.01. The molecule has 0 amide bonds. The number of nitrogens with zero attached hydrogens (tertiary/aromatic N) is 6. The first-order valence-corrected chi connectivity index (χ1v) is 7.01. The number of rotatable bonds is 5. The van der Waals surface area contributed by atoms with Crippen molar-refractivity contribution < 1.29 is 33.7 Å². The van der Waals surface area contributed by atoms with E-state index in [0.29, 0.717) is 0 Å². The molecule has 0 bridgehead atoms. The van der Waals surface area contributed by atoms with Gasteiger partial charge in [-0.3, -0.25) is 14.4 Å². The highest BCUT2D eigenvalue weighted by molar-refractivity contribution is 5.68. The highest BCUT2D eigenvalue weighted by Gasteiger charge is 2.55. The number of hydrogen-bond donors (Lipinski definition) is 1. The Bertz CT molecular complexity index is 642. The van der Waals surface area contributed by atoms with Crippen molar-refractivity contribution in [2.24, 2.45) is 10.2 Å². The van der Waals surface area contributed by atoms with Gasteiger partial charge in [-0.25, -0.2) is 0 Å². The van der Waals surface area contributed by atoms with Crippen molar-refractivity contribution in [1.29, 1.82) is 0 Å².